The zero-order chi connectivity index (χ0) is 10.6. The van der Waals surface area contributed by atoms with Crippen LogP contribution in [0.25, 0.3) is 0 Å². The fraction of sp³-hybridized carbons (Fsp3) is 0.417. The van der Waals surface area contributed by atoms with E-state index in [2.05, 4.69) is 26.8 Å². The van der Waals surface area contributed by atoms with Gasteiger partial charge in [-0.3, -0.25) is 4.79 Å². The Labute approximate surface area is 84.9 Å². The van der Waals surface area contributed by atoms with Crippen molar-refractivity contribution in [3.63, 3.8) is 0 Å². The van der Waals surface area contributed by atoms with E-state index >= 15 is 0 Å². The van der Waals surface area contributed by atoms with Crippen molar-refractivity contribution in [2.45, 2.75) is 26.7 Å². The molecule has 0 fully saturated rings. The minimum absolute atomic E-state index is 0.125. The van der Waals surface area contributed by atoms with Crippen LogP contribution >= 0.6 is 0 Å². The van der Waals surface area contributed by atoms with Crippen LogP contribution in [0.4, 0.5) is 0 Å². The first-order valence-electron chi connectivity index (χ1n) is 4.82. The molecule has 0 aromatic heterocycles. The van der Waals surface area contributed by atoms with E-state index in [1.54, 1.807) is 0 Å². The van der Waals surface area contributed by atoms with E-state index in [1.807, 2.05) is 12.1 Å². The first-order chi connectivity index (χ1) is 6.65. The molecule has 0 unspecified atom stereocenters. The second kappa shape index (κ2) is 4.80. The summed E-state index contributed by atoms with van der Waals surface area (Å²) < 4.78 is 5.20. The number of hydrogen-bond donors (Lipinski definition) is 0. The molecule has 0 aliphatic heterocycles. The molecule has 0 saturated heterocycles. The van der Waals surface area contributed by atoms with E-state index in [0.29, 0.717) is 5.92 Å². The van der Waals surface area contributed by atoms with Gasteiger partial charge >= 0.3 is 0 Å². The number of aldehydes is 1. The predicted octanol–water partition coefficient (Wildman–Crippen LogP) is 2.70. The molecule has 1 aromatic carbocycles. The highest BCUT2D eigenvalue weighted by Gasteiger charge is 2.04. The van der Waals surface area contributed by atoms with E-state index in [-0.39, 0.29) is 6.61 Å². The summed E-state index contributed by atoms with van der Waals surface area (Å²) in [6.45, 7) is 6.51. The second-order valence-corrected chi connectivity index (χ2v) is 3.65. The molecule has 0 atom stereocenters. The van der Waals surface area contributed by atoms with Crippen molar-refractivity contribution in [1.29, 1.82) is 0 Å². The van der Waals surface area contributed by atoms with Crippen LogP contribution in [0.5, 0.6) is 5.75 Å². The highest BCUT2D eigenvalue weighted by molar-refractivity contribution is 5.51. The molecular weight excluding hydrogens is 176 g/mol. The van der Waals surface area contributed by atoms with Crippen molar-refractivity contribution in [2.75, 3.05) is 6.61 Å². The lowest BCUT2D eigenvalue weighted by Gasteiger charge is -2.11. The minimum Gasteiger partial charge on any atom is -0.486 e. The van der Waals surface area contributed by atoms with Crippen LogP contribution in [-0.2, 0) is 4.79 Å². The molecule has 76 valence electrons. The Morgan fingerprint density at radius 1 is 1.43 bits per heavy atom. The molecule has 0 spiro atoms. The van der Waals surface area contributed by atoms with Crippen LogP contribution in [0.1, 0.15) is 30.9 Å². The lowest BCUT2D eigenvalue weighted by molar-refractivity contribution is -0.109. The van der Waals surface area contributed by atoms with Crippen molar-refractivity contribution in [2.24, 2.45) is 0 Å². The van der Waals surface area contributed by atoms with Crippen LogP contribution < -0.4 is 4.74 Å². The van der Waals surface area contributed by atoms with Gasteiger partial charge in [-0.2, -0.15) is 0 Å². The molecule has 1 rings (SSSR count). The highest BCUT2D eigenvalue weighted by atomic mass is 16.5. The van der Waals surface area contributed by atoms with Crippen molar-refractivity contribution in [3.05, 3.63) is 29.3 Å². The molecule has 0 heterocycles. The van der Waals surface area contributed by atoms with Gasteiger partial charge in [-0.1, -0.05) is 19.9 Å². The summed E-state index contributed by atoms with van der Waals surface area (Å²) in [5.74, 6) is 1.29. The molecule has 0 radical (unpaired) electrons. The Hall–Kier alpha value is -1.31. The van der Waals surface area contributed by atoms with Gasteiger partial charge < -0.3 is 4.74 Å². The van der Waals surface area contributed by atoms with Crippen molar-refractivity contribution >= 4 is 6.29 Å². The maximum Gasteiger partial charge on any atom is 0.157 e. The van der Waals surface area contributed by atoms with E-state index in [1.165, 1.54) is 11.1 Å². The summed E-state index contributed by atoms with van der Waals surface area (Å²) in [5, 5.41) is 0. The number of ether oxygens (including phenoxy) is 1. The molecule has 2 heteroatoms. The lowest BCUT2D eigenvalue weighted by Crippen LogP contribution is -1.99. The quantitative estimate of drug-likeness (QED) is 0.685. The first-order valence-corrected chi connectivity index (χ1v) is 4.82. The number of carbonyl (C=O) groups excluding carboxylic acids is 1. The Kier molecular flexibility index (Phi) is 3.69. The number of benzene rings is 1. The van der Waals surface area contributed by atoms with E-state index < -0.39 is 0 Å². The summed E-state index contributed by atoms with van der Waals surface area (Å²) >= 11 is 0. The third-order valence-corrected chi connectivity index (χ3v) is 2.18. The second-order valence-electron chi connectivity index (χ2n) is 3.65. The van der Waals surface area contributed by atoms with Crippen molar-refractivity contribution in [1.82, 2.24) is 0 Å². The van der Waals surface area contributed by atoms with Crippen LogP contribution in [0.15, 0.2) is 18.2 Å². The summed E-state index contributed by atoms with van der Waals surface area (Å²) in [7, 11) is 0. The van der Waals surface area contributed by atoms with Crippen LogP contribution in [0.3, 0.4) is 0 Å². The Balaban J connectivity index is 2.83. The van der Waals surface area contributed by atoms with Gasteiger partial charge in [0.15, 0.2) is 6.29 Å². The van der Waals surface area contributed by atoms with Crippen LogP contribution in [0, 0.1) is 6.92 Å². The van der Waals surface area contributed by atoms with Crippen molar-refractivity contribution < 1.29 is 9.53 Å². The fourth-order valence-electron chi connectivity index (χ4n) is 1.52. The summed E-state index contributed by atoms with van der Waals surface area (Å²) in [6, 6.07) is 5.94. The van der Waals surface area contributed by atoms with Crippen molar-refractivity contribution in [3.8, 4) is 5.75 Å². The maximum absolute atomic E-state index is 10.1. The number of aryl methyl sites for hydroxylation is 1. The lowest BCUT2D eigenvalue weighted by atomic mass is 9.98. The summed E-state index contributed by atoms with van der Waals surface area (Å²) in [6.07, 6.45) is 0.756. The molecule has 0 saturated carbocycles. The Bertz CT molecular complexity index is 316. The maximum atomic E-state index is 10.1. The van der Waals surface area contributed by atoms with Crippen LogP contribution in [-0.4, -0.2) is 12.9 Å². The molecule has 0 N–H and O–H groups in total. The standard InChI is InChI=1S/C12H16O2/c1-9(2)12-5-4-11(8-10(12)3)14-7-6-13/h4-6,8-9H,7H2,1-3H3. The van der Waals surface area contributed by atoms with E-state index in [4.69, 9.17) is 4.74 Å². The van der Waals surface area contributed by atoms with Gasteiger partial charge in [-0.25, -0.2) is 0 Å². The summed E-state index contributed by atoms with van der Waals surface area (Å²) in [4.78, 5) is 10.1. The first kappa shape index (κ1) is 10.8. The molecule has 0 amide bonds. The SMILES string of the molecule is Cc1cc(OCC=O)ccc1C(C)C. The van der Waals surface area contributed by atoms with E-state index in [9.17, 15) is 4.79 Å². The molecule has 2 nitrogen and oxygen atoms in total. The molecule has 0 aliphatic carbocycles. The van der Waals surface area contributed by atoms with Gasteiger partial charge in [0.25, 0.3) is 0 Å². The number of carbonyl (C=O) groups is 1. The van der Waals surface area contributed by atoms with Gasteiger partial charge in [0, 0.05) is 0 Å². The van der Waals surface area contributed by atoms with Gasteiger partial charge in [0.1, 0.15) is 12.4 Å². The third-order valence-electron chi connectivity index (χ3n) is 2.18. The molecule has 1 aromatic rings. The highest BCUT2D eigenvalue weighted by Crippen LogP contribution is 2.23. The van der Waals surface area contributed by atoms with E-state index in [0.717, 1.165) is 12.0 Å². The molecule has 0 aliphatic rings. The summed E-state index contributed by atoms with van der Waals surface area (Å²) in [5.41, 5.74) is 2.53. The normalized spacial score (nSPS) is 10.3. The molecular formula is C12H16O2. The number of hydrogen-bond acceptors (Lipinski definition) is 2. The largest absolute Gasteiger partial charge is 0.486 e. The molecule has 14 heavy (non-hydrogen) atoms. The van der Waals surface area contributed by atoms with Gasteiger partial charge in [-0.15, -0.1) is 0 Å². The van der Waals surface area contributed by atoms with Gasteiger partial charge in [0.05, 0.1) is 0 Å². The zero-order valence-corrected chi connectivity index (χ0v) is 8.91. The Morgan fingerprint density at radius 2 is 2.14 bits per heavy atom. The minimum atomic E-state index is 0.125. The average molecular weight is 192 g/mol. The zero-order valence-electron chi connectivity index (χ0n) is 8.91. The predicted molar refractivity (Wildman–Crippen MR) is 56.8 cm³/mol. The monoisotopic (exact) mass is 192 g/mol. The van der Waals surface area contributed by atoms with Gasteiger partial charge in [0.2, 0.25) is 0 Å². The average Bonchev–Trinajstić information content (AvgIpc) is 2.14. The van der Waals surface area contributed by atoms with Gasteiger partial charge in [-0.05, 0) is 36.1 Å². The fourth-order valence-corrected chi connectivity index (χ4v) is 1.52. The molecule has 0 bridgehead atoms. The number of rotatable bonds is 4. The topological polar surface area (TPSA) is 26.3 Å². The third kappa shape index (κ3) is 2.59. The Morgan fingerprint density at radius 3 is 2.64 bits per heavy atom. The smallest absolute Gasteiger partial charge is 0.157 e. The van der Waals surface area contributed by atoms with Crippen LogP contribution in [0.2, 0.25) is 0 Å².